The van der Waals surface area contributed by atoms with E-state index in [-0.39, 0.29) is 18.6 Å². The van der Waals surface area contributed by atoms with Gasteiger partial charge in [0.1, 0.15) is 0 Å². The Morgan fingerprint density at radius 1 is 1.10 bits per heavy atom. The standard InChI is InChI=1S/C13H17NO6/c1-4-19-12(17)9-5-10(8(3)14-7(9)2)13(18)20-6-11(15)16/h14H,4-6H2,1-3H3,(H,15,16). The van der Waals surface area contributed by atoms with Gasteiger partial charge in [0.25, 0.3) is 0 Å². The summed E-state index contributed by atoms with van der Waals surface area (Å²) in [6.45, 7) is 4.56. The number of carboxylic acid groups (broad SMARTS) is 1. The van der Waals surface area contributed by atoms with Crippen molar-refractivity contribution in [2.75, 3.05) is 13.2 Å². The molecule has 1 aliphatic rings. The number of hydrogen-bond donors (Lipinski definition) is 2. The smallest absolute Gasteiger partial charge is 0.341 e. The number of esters is 2. The molecule has 0 saturated carbocycles. The molecular weight excluding hydrogens is 266 g/mol. The Morgan fingerprint density at radius 3 is 2.05 bits per heavy atom. The zero-order valence-electron chi connectivity index (χ0n) is 11.6. The first-order valence-corrected chi connectivity index (χ1v) is 6.09. The van der Waals surface area contributed by atoms with Gasteiger partial charge >= 0.3 is 17.9 Å². The van der Waals surface area contributed by atoms with E-state index >= 15 is 0 Å². The van der Waals surface area contributed by atoms with Crippen LogP contribution in [0.4, 0.5) is 0 Å². The number of carbonyl (C=O) groups is 3. The van der Waals surface area contributed by atoms with Crippen molar-refractivity contribution in [3.05, 3.63) is 22.5 Å². The van der Waals surface area contributed by atoms with Gasteiger partial charge < -0.3 is 19.9 Å². The molecule has 110 valence electrons. The van der Waals surface area contributed by atoms with Crippen LogP contribution in [0, 0.1) is 0 Å². The van der Waals surface area contributed by atoms with E-state index in [2.05, 4.69) is 10.1 Å². The highest BCUT2D eigenvalue weighted by Crippen LogP contribution is 2.24. The van der Waals surface area contributed by atoms with Gasteiger partial charge in [0.05, 0.1) is 17.8 Å². The molecule has 0 bridgehead atoms. The van der Waals surface area contributed by atoms with Crippen LogP contribution in [-0.2, 0) is 23.9 Å². The Kier molecular flexibility index (Phi) is 5.31. The normalized spacial score (nSPS) is 14.8. The van der Waals surface area contributed by atoms with Crippen molar-refractivity contribution in [3.63, 3.8) is 0 Å². The fourth-order valence-electron chi connectivity index (χ4n) is 1.76. The Balaban J connectivity index is 2.84. The van der Waals surface area contributed by atoms with Crippen LogP contribution in [0.2, 0.25) is 0 Å². The topological polar surface area (TPSA) is 102 Å². The number of carboxylic acids is 1. The third kappa shape index (κ3) is 3.84. The third-order valence-electron chi connectivity index (χ3n) is 2.73. The number of ether oxygens (including phenoxy) is 2. The van der Waals surface area contributed by atoms with Crippen molar-refractivity contribution < 1.29 is 29.0 Å². The van der Waals surface area contributed by atoms with Crippen molar-refractivity contribution in [2.24, 2.45) is 0 Å². The van der Waals surface area contributed by atoms with Crippen LogP contribution >= 0.6 is 0 Å². The van der Waals surface area contributed by atoms with Gasteiger partial charge in [-0.25, -0.2) is 14.4 Å². The summed E-state index contributed by atoms with van der Waals surface area (Å²) in [4.78, 5) is 33.9. The van der Waals surface area contributed by atoms with E-state index in [1.807, 2.05) is 0 Å². The van der Waals surface area contributed by atoms with Crippen molar-refractivity contribution in [3.8, 4) is 0 Å². The summed E-state index contributed by atoms with van der Waals surface area (Å²) in [5.74, 6) is -2.50. The molecule has 0 fully saturated rings. The maximum absolute atomic E-state index is 11.8. The molecule has 1 rings (SSSR count). The summed E-state index contributed by atoms with van der Waals surface area (Å²) in [7, 11) is 0. The lowest BCUT2D eigenvalue weighted by molar-refractivity contribution is -0.152. The van der Waals surface area contributed by atoms with Crippen LogP contribution in [0.15, 0.2) is 22.5 Å². The van der Waals surface area contributed by atoms with Gasteiger partial charge in [-0.3, -0.25) is 0 Å². The maximum Gasteiger partial charge on any atom is 0.341 e. The first-order chi connectivity index (χ1) is 9.36. The molecule has 7 nitrogen and oxygen atoms in total. The Labute approximate surface area is 116 Å². The lowest BCUT2D eigenvalue weighted by Gasteiger charge is -2.22. The predicted octanol–water partition coefficient (Wildman–Crippen LogP) is 0.719. The minimum atomic E-state index is -1.24. The Hall–Kier alpha value is -2.31. The molecule has 0 saturated heterocycles. The van der Waals surface area contributed by atoms with E-state index in [0.29, 0.717) is 17.0 Å². The van der Waals surface area contributed by atoms with E-state index in [4.69, 9.17) is 9.84 Å². The van der Waals surface area contributed by atoms with E-state index in [0.717, 1.165) is 0 Å². The summed E-state index contributed by atoms with van der Waals surface area (Å²) in [5.41, 5.74) is 1.70. The van der Waals surface area contributed by atoms with Crippen LogP contribution in [0.25, 0.3) is 0 Å². The van der Waals surface area contributed by atoms with Gasteiger partial charge in [-0.2, -0.15) is 0 Å². The van der Waals surface area contributed by atoms with Crippen molar-refractivity contribution in [1.29, 1.82) is 0 Å². The van der Waals surface area contributed by atoms with E-state index in [1.54, 1.807) is 20.8 Å². The van der Waals surface area contributed by atoms with E-state index in [9.17, 15) is 14.4 Å². The Morgan fingerprint density at radius 2 is 1.60 bits per heavy atom. The molecule has 0 aromatic carbocycles. The third-order valence-corrected chi connectivity index (χ3v) is 2.73. The molecule has 0 unspecified atom stereocenters. The van der Waals surface area contributed by atoms with E-state index in [1.165, 1.54) is 0 Å². The number of aliphatic carboxylic acids is 1. The molecule has 7 heteroatoms. The molecule has 0 aromatic rings. The second-order valence-corrected chi connectivity index (χ2v) is 4.20. The Bertz CT molecular complexity index is 503. The molecule has 0 aliphatic carbocycles. The van der Waals surface area contributed by atoms with Crippen LogP contribution < -0.4 is 5.32 Å². The quantitative estimate of drug-likeness (QED) is 0.717. The molecular formula is C13H17NO6. The monoisotopic (exact) mass is 283 g/mol. The zero-order chi connectivity index (χ0) is 15.3. The SMILES string of the molecule is CCOC(=O)C1=C(C)NC(C)=C(C(=O)OCC(=O)O)C1. The minimum Gasteiger partial charge on any atom is -0.479 e. The predicted molar refractivity (Wildman–Crippen MR) is 68.4 cm³/mol. The van der Waals surface area contributed by atoms with Crippen molar-refractivity contribution in [1.82, 2.24) is 5.32 Å². The summed E-state index contributed by atoms with van der Waals surface area (Å²) in [5, 5.41) is 11.4. The molecule has 0 atom stereocenters. The van der Waals surface area contributed by atoms with Crippen molar-refractivity contribution >= 4 is 17.9 Å². The van der Waals surface area contributed by atoms with Gasteiger partial charge in [0, 0.05) is 17.8 Å². The van der Waals surface area contributed by atoms with Crippen LogP contribution in [0.3, 0.4) is 0 Å². The van der Waals surface area contributed by atoms with Gasteiger partial charge in [-0.15, -0.1) is 0 Å². The minimum absolute atomic E-state index is 0.0575. The maximum atomic E-state index is 11.8. The number of hydrogen-bond acceptors (Lipinski definition) is 6. The molecule has 1 heterocycles. The molecule has 1 aliphatic heterocycles. The largest absolute Gasteiger partial charge is 0.479 e. The molecule has 0 aromatic heterocycles. The number of nitrogens with one attached hydrogen (secondary N) is 1. The van der Waals surface area contributed by atoms with Gasteiger partial charge in [0.2, 0.25) is 0 Å². The fourth-order valence-corrected chi connectivity index (χ4v) is 1.76. The number of dihydropyridines is 1. The van der Waals surface area contributed by atoms with Crippen LogP contribution in [0.1, 0.15) is 27.2 Å². The number of carbonyl (C=O) groups excluding carboxylic acids is 2. The number of allylic oxidation sites excluding steroid dienone is 2. The molecule has 0 radical (unpaired) electrons. The summed E-state index contributed by atoms with van der Waals surface area (Å²) in [6.07, 6.45) is 0.0575. The first kappa shape index (κ1) is 15.7. The number of rotatable bonds is 5. The lowest BCUT2D eigenvalue weighted by atomic mass is 9.98. The second kappa shape index (κ2) is 6.74. The molecule has 0 spiro atoms. The average Bonchev–Trinajstić information content (AvgIpc) is 2.36. The first-order valence-electron chi connectivity index (χ1n) is 6.09. The van der Waals surface area contributed by atoms with Gasteiger partial charge in [-0.05, 0) is 20.8 Å². The van der Waals surface area contributed by atoms with Crippen LogP contribution in [0.5, 0.6) is 0 Å². The van der Waals surface area contributed by atoms with E-state index < -0.39 is 24.5 Å². The molecule has 2 N–H and O–H groups in total. The van der Waals surface area contributed by atoms with Gasteiger partial charge in [0.15, 0.2) is 6.61 Å². The summed E-state index contributed by atoms with van der Waals surface area (Å²) in [6, 6.07) is 0. The van der Waals surface area contributed by atoms with Crippen LogP contribution in [-0.4, -0.2) is 36.2 Å². The average molecular weight is 283 g/mol. The second-order valence-electron chi connectivity index (χ2n) is 4.20. The fraction of sp³-hybridized carbons (Fsp3) is 0.462. The summed E-state index contributed by atoms with van der Waals surface area (Å²) < 4.78 is 9.53. The molecule has 20 heavy (non-hydrogen) atoms. The summed E-state index contributed by atoms with van der Waals surface area (Å²) >= 11 is 0. The highest BCUT2D eigenvalue weighted by Gasteiger charge is 2.27. The highest BCUT2D eigenvalue weighted by atomic mass is 16.6. The molecule has 0 amide bonds. The highest BCUT2D eigenvalue weighted by molar-refractivity contribution is 5.97. The van der Waals surface area contributed by atoms with Gasteiger partial charge in [-0.1, -0.05) is 0 Å². The zero-order valence-corrected chi connectivity index (χ0v) is 11.6. The van der Waals surface area contributed by atoms with Crippen molar-refractivity contribution in [2.45, 2.75) is 27.2 Å². The lowest BCUT2D eigenvalue weighted by Crippen LogP contribution is -2.27.